The van der Waals surface area contributed by atoms with Gasteiger partial charge in [0.2, 0.25) is 0 Å². The van der Waals surface area contributed by atoms with Gasteiger partial charge >= 0.3 is 0 Å². The van der Waals surface area contributed by atoms with Crippen molar-refractivity contribution in [2.75, 3.05) is 0 Å². The van der Waals surface area contributed by atoms with Gasteiger partial charge in [-0.3, -0.25) is 4.79 Å². The number of benzene rings is 2. The lowest BCUT2D eigenvalue weighted by atomic mass is 9.96. The second kappa shape index (κ2) is 5.83. The van der Waals surface area contributed by atoms with E-state index in [-0.39, 0.29) is 5.78 Å². The predicted octanol–water partition coefficient (Wildman–Crippen LogP) is 4.43. The second-order valence-corrected chi connectivity index (χ2v) is 5.16. The van der Waals surface area contributed by atoms with Crippen molar-refractivity contribution in [1.82, 2.24) is 0 Å². The van der Waals surface area contributed by atoms with Crippen molar-refractivity contribution in [3.63, 3.8) is 0 Å². The molecule has 2 aromatic carbocycles. The van der Waals surface area contributed by atoms with Crippen molar-refractivity contribution >= 4 is 5.78 Å². The lowest BCUT2D eigenvalue weighted by Gasteiger charge is -2.08. The summed E-state index contributed by atoms with van der Waals surface area (Å²) < 4.78 is 0. The van der Waals surface area contributed by atoms with Crippen molar-refractivity contribution in [3.8, 4) is 0 Å². The van der Waals surface area contributed by atoms with Crippen LogP contribution in [0.4, 0.5) is 0 Å². The molecular weight excluding hydrogens is 232 g/mol. The molecule has 0 aromatic heterocycles. The minimum atomic E-state index is 0.239. The van der Waals surface area contributed by atoms with E-state index < -0.39 is 0 Å². The maximum Gasteiger partial charge on any atom is 0.163 e. The first-order chi connectivity index (χ1) is 9.08. The maximum atomic E-state index is 12.3. The molecule has 98 valence electrons. The lowest BCUT2D eigenvalue weighted by molar-refractivity contribution is 0.0982. The zero-order valence-corrected chi connectivity index (χ0v) is 11.9. The average molecular weight is 252 g/mol. The van der Waals surface area contributed by atoms with Gasteiger partial charge in [0.1, 0.15) is 0 Å². The summed E-state index contributed by atoms with van der Waals surface area (Å²) >= 11 is 0. The van der Waals surface area contributed by atoms with Crippen molar-refractivity contribution < 1.29 is 4.79 Å². The van der Waals surface area contributed by atoms with Gasteiger partial charge in [-0.2, -0.15) is 0 Å². The molecule has 0 saturated carbocycles. The standard InChI is InChI=1S/C18H20O/c1-13-6-4-8-16(12-13)10-11-18(19)17-9-5-7-14(2)15(17)3/h4-9,12H,10-11H2,1-3H3. The van der Waals surface area contributed by atoms with Crippen LogP contribution in [0.5, 0.6) is 0 Å². The van der Waals surface area contributed by atoms with E-state index in [0.29, 0.717) is 6.42 Å². The molecule has 2 aromatic rings. The van der Waals surface area contributed by atoms with E-state index in [2.05, 4.69) is 25.1 Å². The van der Waals surface area contributed by atoms with E-state index in [1.807, 2.05) is 38.1 Å². The summed E-state index contributed by atoms with van der Waals surface area (Å²) in [5.41, 5.74) is 5.64. The molecule has 19 heavy (non-hydrogen) atoms. The van der Waals surface area contributed by atoms with E-state index in [0.717, 1.165) is 17.5 Å². The van der Waals surface area contributed by atoms with E-state index in [4.69, 9.17) is 0 Å². The Hall–Kier alpha value is -1.89. The molecular formula is C18H20O. The van der Waals surface area contributed by atoms with Crippen LogP contribution in [0.1, 0.15) is 39.0 Å². The number of carbonyl (C=O) groups is 1. The number of Topliss-reactive ketones (excluding diaryl/α,β-unsaturated/α-hetero) is 1. The van der Waals surface area contributed by atoms with Crippen molar-refractivity contribution in [1.29, 1.82) is 0 Å². The van der Waals surface area contributed by atoms with E-state index in [1.54, 1.807) is 0 Å². The Balaban J connectivity index is 2.08. The van der Waals surface area contributed by atoms with Crippen molar-refractivity contribution in [2.24, 2.45) is 0 Å². The second-order valence-electron chi connectivity index (χ2n) is 5.16. The Morgan fingerprint density at radius 2 is 1.74 bits per heavy atom. The van der Waals surface area contributed by atoms with E-state index in [9.17, 15) is 4.79 Å². The predicted molar refractivity (Wildman–Crippen MR) is 79.7 cm³/mol. The molecule has 0 aliphatic heterocycles. The first-order valence-electron chi connectivity index (χ1n) is 6.73. The average Bonchev–Trinajstić information content (AvgIpc) is 2.39. The fourth-order valence-corrected chi connectivity index (χ4v) is 2.31. The Morgan fingerprint density at radius 3 is 2.47 bits per heavy atom. The Kier molecular flexibility index (Phi) is 4.16. The SMILES string of the molecule is Cc1cccc(CCC(=O)c2cccc(C)c2C)c1. The molecule has 0 atom stereocenters. The summed E-state index contributed by atoms with van der Waals surface area (Å²) in [5.74, 6) is 0.239. The molecule has 0 unspecified atom stereocenters. The highest BCUT2D eigenvalue weighted by molar-refractivity contribution is 5.97. The first kappa shape index (κ1) is 13.5. The highest BCUT2D eigenvalue weighted by atomic mass is 16.1. The Labute approximate surface area is 115 Å². The summed E-state index contributed by atoms with van der Waals surface area (Å²) in [7, 11) is 0. The smallest absolute Gasteiger partial charge is 0.163 e. The van der Waals surface area contributed by atoms with E-state index >= 15 is 0 Å². The van der Waals surface area contributed by atoms with Gasteiger partial charge in [0.25, 0.3) is 0 Å². The third-order valence-electron chi connectivity index (χ3n) is 3.63. The third-order valence-corrected chi connectivity index (χ3v) is 3.63. The molecule has 2 rings (SSSR count). The third kappa shape index (κ3) is 3.31. The number of hydrogen-bond donors (Lipinski definition) is 0. The van der Waals surface area contributed by atoms with Crippen molar-refractivity contribution in [3.05, 3.63) is 70.3 Å². The molecule has 0 aliphatic rings. The van der Waals surface area contributed by atoms with Gasteiger partial charge in [0.05, 0.1) is 0 Å². The molecule has 0 radical (unpaired) electrons. The van der Waals surface area contributed by atoms with Gasteiger partial charge in [-0.05, 0) is 43.9 Å². The summed E-state index contributed by atoms with van der Waals surface area (Å²) in [6.45, 7) is 6.15. The molecule has 0 aliphatic carbocycles. The van der Waals surface area contributed by atoms with Gasteiger partial charge in [0, 0.05) is 12.0 Å². The summed E-state index contributed by atoms with van der Waals surface area (Å²) in [5, 5.41) is 0. The number of rotatable bonds is 4. The molecule has 0 spiro atoms. The molecule has 0 saturated heterocycles. The lowest BCUT2D eigenvalue weighted by Crippen LogP contribution is -2.04. The largest absolute Gasteiger partial charge is 0.294 e. The van der Waals surface area contributed by atoms with Crippen LogP contribution < -0.4 is 0 Å². The summed E-state index contributed by atoms with van der Waals surface area (Å²) in [6.07, 6.45) is 1.39. The Bertz CT molecular complexity index is 596. The van der Waals surface area contributed by atoms with Gasteiger partial charge in [-0.25, -0.2) is 0 Å². The van der Waals surface area contributed by atoms with E-state index in [1.165, 1.54) is 16.7 Å². The van der Waals surface area contributed by atoms with Crippen LogP contribution in [0, 0.1) is 20.8 Å². The molecule has 1 heteroatoms. The molecule has 1 nitrogen and oxygen atoms in total. The molecule has 0 heterocycles. The zero-order valence-electron chi connectivity index (χ0n) is 11.9. The number of carbonyl (C=O) groups excluding carboxylic acids is 1. The highest BCUT2D eigenvalue weighted by Crippen LogP contribution is 2.16. The summed E-state index contributed by atoms with van der Waals surface area (Å²) in [6, 6.07) is 14.3. The van der Waals surface area contributed by atoms with Crippen LogP contribution >= 0.6 is 0 Å². The van der Waals surface area contributed by atoms with Crippen LogP contribution in [-0.4, -0.2) is 5.78 Å². The Morgan fingerprint density at radius 1 is 1.00 bits per heavy atom. The van der Waals surface area contributed by atoms with Crippen molar-refractivity contribution in [2.45, 2.75) is 33.6 Å². The van der Waals surface area contributed by atoms with Gasteiger partial charge in [-0.15, -0.1) is 0 Å². The summed E-state index contributed by atoms with van der Waals surface area (Å²) in [4.78, 5) is 12.3. The van der Waals surface area contributed by atoms with Gasteiger partial charge < -0.3 is 0 Å². The zero-order chi connectivity index (χ0) is 13.8. The molecule has 0 fully saturated rings. The van der Waals surface area contributed by atoms with Crippen LogP contribution in [-0.2, 0) is 6.42 Å². The highest BCUT2D eigenvalue weighted by Gasteiger charge is 2.10. The number of ketones is 1. The van der Waals surface area contributed by atoms with Crippen LogP contribution in [0.25, 0.3) is 0 Å². The maximum absolute atomic E-state index is 12.3. The first-order valence-corrected chi connectivity index (χ1v) is 6.73. The molecule has 0 bridgehead atoms. The normalized spacial score (nSPS) is 10.5. The minimum Gasteiger partial charge on any atom is -0.294 e. The topological polar surface area (TPSA) is 17.1 Å². The quantitative estimate of drug-likeness (QED) is 0.736. The minimum absolute atomic E-state index is 0.239. The van der Waals surface area contributed by atoms with Crippen LogP contribution in [0.2, 0.25) is 0 Å². The number of aryl methyl sites for hydroxylation is 3. The monoisotopic (exact) mass is 252 g/mol. The molecule has 0 amide bonds. The van der Waals surface area contributed by atoms with Crippen LogP contribution in [0.15, 0.2) is 42.5 Å². The molecule has 0 N–H and O–H groups in total. The van der Waals surface area contributed by atoms with Gasteiger partial charge in [0.15, 0.2) is 5.78 Å². The number of hydrogen-bond acceptors (Lipinski definition) is 1. The fraction of sp³-hybridized carbons (Fsp3) is 0.278. The van der Waals surface area contributed by atoms with Crippen LogP contribution in [0.3, 0.4) is 0 Å². The fourth-order valence-electron chi connectivity index (χ4n) is 2.31. The van der Waals surface area contributed by atoms with Gasteiger partial charge in [-0.1, -0.05) is 48.0 Å².